The molecule has 0 atom stereocenters. The highest BCUT2D eigenvalue weighted by molar-refractivity contribution is 5.80. The second-order valence-corrected chi connectivity index (χ2v) is 8.86. The van der Waals surface area contributed by atoms with E-state index in [0.29, 0.717) is 11.8 Å². The molecule has 7 heteroatoms. The second-order valence-electron chi connectivity index (χ2n) is 8.86. The molecule has 0 aromatic heterocycles. The van der Waals surface area contributed by atoms with Crippen molar-refractivity contribution < 1.29 is 9.53 Å². The minimum Gasteiger partial charge on any atom is -0.493 e. The van der Waals surface area contributed by atoms with Gasteiger partial charge >= 0.3 is 0 Å². The van der Waals surface area contributed by atoms with Gasteiger partial charge in [0.15, 0.2) is 5.96 Å². The first kappa shape index (κ1) is 21.9. The van der Waals surface area contributed by atoms with E-state index in [4.69, 9.17) is 4.74 Å². The molecule has 4 rings (SSSR count). The molecule has 2 heterocycles. The Labute approximate surface area is 186 Å². The third kappa shape index (κ3) is 5.91. The average Bonchev–Trinajstić information content (AvgIpc) is 3.50. The number of carbonyl (C=O) groups excluding carboxylic acids is 1. The van der Waals surface area contributed by atoms with Gasteiger partial charge in [0.25, 0.3) is 0 Å². The van der Waals surface area contributed by atoms with Crippen LogP contribution in [-0.4, -0.2) is 81.1 Å². The van der Waals surface area contributed by atoms with Crippen LogP contribution in [0, 0.1) is 5.92 Å². The fourth-order valence-electron chi connectivity index (χ4n) is 4.90. The van der Waals surface area contributed by atoms with Gasteiger partial charge in [-0.1, -0.05) is 25.0 Å². The molecule has 1 aromatic carbocycles. The number of hydrogen-bond acceptors (Lipinski definition) is 4. The highest BCUT2D eigenvalue weighted by atomic mass is 16.5. The van der Waals surface area contributed by atoms with Gasteiger partial charge in [0.1, 0.15) is 5.75 Å². The second kappa shape index (κ2) is 10.8. The van der Waals surface area contributed by atoms with Crippen molar-refractivity contribution in [1.29, 1.82) is 0 Å². The number of rotatable bonds is 7. The van der Waals surface area contributed by atoms with Crippen LogP contribution in [0.15, 0.2) is 23.2 Å². The maximum absolute atomic E-state index is 12.6. The van der Waals surface area contributed by atoms with Gasteiger partial charge in [0.2, 0.25) is 5.91 Å². The fraction of sp³-hybridized carbons (Fsp3) is 0.667. The molecule has 2 N–H and O–H groups in total. The van der Waals surface area contributed by atoms with Gasteiger partial charge in [-0.15, -0.1) is 0 Å². The van der Waals surface area contributed by atoms with Crippen molar-refractivity contribution in [2.45, 2.75) is 38.5 Å². The molecule has 1 aliphatic carbocycles. The van der Waals surface area contributed by atoms with Crippen LogP contribution in [-0.2, 0) is 17.6 Å². The molecule has 0 bridgehead atoms. The average molecular weight is 428 g/mol. The number of carbonyl (C=O) groups is 1. The Kier molecular flexibility index (Phi) is 7.67. The van der Waals surface area contributed by atoms with Crippen LogP contribution in [0.4, 0.5) is 0 Å². The number of piperazine rings is 1. The van der Waals surface area contributed by atoms with Crippen LogP contribution < -0.4 is 15.4 Å². The van der Waals surface area contributed by atoms with E-state index in [0.717, 1.165) is 89.8 Å². The van der Waals surface area contributed by atoms with E-state index in [9.17, 15) is 4.79 Å². The Morgan fingerprint density at radius 3 is 2.68 bits per heavy atom. The van der Waals surface area contributed by atoms with E-state index in [2.05, 4.69) is 43.6 Å². The standard InChI is InChI=1S/C24H37N5O2/c1-25-24(26-10-8-19-6-7-22-21(18-19)9-17-31-22)27-11-12-28-13-15-29(16-14-28)23(30)20-4-2-3-5-20/h6-7,18,20H,2-5,8-17H2,1H3,(H2,25,26,27). The summed E-state index contributed by atoms with van der Waals surface area (Å²) in [5, 5.41) is 6.83. The Hall–Kier alpha value is -2.28. The van der Waals surface area contributed by atoms with Crippen molar-refractivity contribution in [2.24, 2.45) is 10.9 Å². The Morgan fingerprint density at radius 1 is 1.13 bits per heavy atom. The van der Waals surface area contributed by atoms with E-state index in [1.54, 1.807) is 0 Å². The third-order valence-electron chi connectivity index (χ3n) is 6.79. The number of ether oxygens (including phenoxy) is 1. The summed E-state index contributed by atoms with van der Waals surface area (Å²) in [4.78, 5) is 21.4. The summed E-state index contributed by atoms with van der Waals surface area (Å²) in [6.45, 7) is 7.15. The molecule has 31 heavy (non-hydrogen) atoms. The molecule has 2 aliphatic heterocycles. The number of amides is 1. The van der Waals surface area contributed by atoms with Crippen molar-refractivity contribution in [2.75, 3.05) is 59.5 Å². The lowest BCUT2D eigenvalue weighted by atomic mass is 10.1. The predicted octanol–water partition coefficient (Wildman–Crippen LogP) is 1.66. The Morgan fingerprint density at radius 2 is 1.90 bits per heavy atom. The molecule has 2 fully saturated rings. The van der Waals surface area contributed by atoms with Gasteiger partial charge in [-0.3, -0.25) is 14.7 Å². The first-order valence-corrected chi connectivity index (χ1v) is 11.9. The van der Waals surface area contributed by atoms with Gasteiger partial charge < -0.3 is 20.3 Å². The minimum atomic E-state index is 0.299. The molecule has 0 unspecified atom stereocenters. The molecule has 0 spiro atoms. The number of nitrogens with one attached hydrogen (secondary N) is 2. The number of hydrogen-bond donors (Lipinski definition) is 2. The highest BCUT2D eigenvalue weighted by Gasteiger charge is 2.29. The maximum Gasteiger partial charge on any atom is 0.225 e. The normalized spacial score (nSPS) is 19.9. The van der Waals surface area contributed by atoms with E-state index >= 15 is 0 Å². The molecule has 1 saturated carbocycles. The van der Waals surface area contributed by atoms with Gasteiger partial charge in [-0.25, -0.2) is 0 Å². The summed E-state index contributed by atoms with van der Waals surface area (Å²) in [6, 6.07) is 6.50. The first-order valence-electron chi connectivity index (χ1n) is 11.9. The summed E-state index contributed by atoms with van der Waals surface area (Å²) in [5.74, 6) is 2.58. The van der Waals surface area contributed by atoms with Gasteiger partial charge in [0.05, 0.1) is 6.61 Å². The molecule has 170 valence electrons. The van der Waals surface area contributed by atoms with Gasteiger partial charge in [-0.2, -0.15) is 0 Å². The van der Waals surface area contributed by atoms with Crippen LogP contribution in [0.25, 0.3) is 0 Å². The fourth-order valence-corrected chi connectivity index (χ4v) is 4.90. The lowest BCUT2D eigenvalue weighted by molar-refractivity contribution is -0.137. The number of aliphatic imine (C=N–C) groups is 1. The van der Waals surface area contributed by atoms with Gasteiger partial charge in [0, 0.05) is 65.2 Å². The van der Waals surface area contributed by atoms with Crippen LogP contribution >= 0.6 is 0 Å². The Balaban J connectivity index is 1.10. The molecule has 1 saturated heterocycles. The van der Waals surface area contributed by atoms with Crippen molar-refractivity contribution in [3.63, 3.8) is 0 Å². The van der Waals surface area contributed by atoms with E-state index in [1.807, 2.05) is 7.05 Å². The lowest BCUT2D eigenvalue weighted by Crippen LogP contribution is -2.52. The maximum atomic E-state index is 12.6. The van der Waals surface area contributed by atoms with Crippen molar-refractivity contribution in [3.05, 3.63) is 29.3 Å². The quantitative estimate of drug-likeness (QED) is 0.512. The van der Waals surface area contributed by atoms with Crippen molar-refractivity contribution in [3.8, 4) is 5.75 Å². The SMILES string of the molecule is CN=C(NCCc1ccc2c(c1)CCO2)NCCN1CCN(C(=O)C2CCCC2)CC1. The van der Waals surface area contributed by atoms with E-state index < -0.39 is 0 Å². The molecule has 0 radical (unpaired) electrons. The number of guanidine groups is 1. The van der Waals surface area contributed by atoms with E-state index in [1.165, 1.54) is 24.0 Å². The van der Waals surface area contributed by atoms with E-state index in [-0.39, 0.29) is 0 Å². The number of benzene rings is 1. The zero-order valence-corrected chi connectivity index (χ0v) is 18.9. The zero-order valence-electron chi connectivity index (χ0n) is 18.9. The monoisotopic (exact) mass is 427 g/mol. The minimum absolute atomic E-state index is 0.299. The highest BCUT2D eigenvalue weighted by Crippen LogP contribution is 2.27. The molecular weight excluding hydrogens is 390 g/mol. The summed E-state index contributed by atoms with van der Waals surface area (Å²) in [6.07, 6.45) is 6.61. The summed E-state index contributed by atoms with van der Waals surface area (Å²) < 4.78 is 5.58. The van der Waals surface area contributed by atoms with Crippen molar-refractivity contribution >= 4 is 11.9 Å². The summed E-state index contributed by atoms with van der Waals surface area (Å²) in [7, 11) is 1.81. The summed E-state index contributed by atoms with van der Waals surface area (Å²) in [5.41, 5.74) is 2.65. The molecule has 1 aromatic rings. The predicted molar refractivity (Wildman–Crippen MR) is 124 cm³/mol. The third-order valence-corrected chi connectivity index (χ3v) is 6.79. The topological polar surface area (TPSA) is 69.2 Å². The molecule has 7 nitrogen and oxygen atoms in total. The van der Waals surface area contributed by atoms with Crippen molar-refractivity contribution in [1.82, 2.24) is 20.4 Å². The number of nitrogens with zero attached hydrogens (tertiary/aromatic N) is 3. The van der Waals surface area contributed by atoms with Crippen LogP contribution in [0.3, 0.4) is 0 Å². The number of fused-ring (bicyclic) bond motifs is 1. The van der Waals surface area contributed by atoms with Crippen LogP contribution in [0.2, 0.25) is 0 Å². The van der Waals surface area contributed by atoms with Gasteiger partial charge in [-0.05, 0) is 36.5 Å². The Bertz CT molecular complexity index is 767. The van der Waals surface area contributed by atoms with Crippen LogP contribution in [0.5, 0.6) is 5.75 Å². The molecular formula is C24H37N5O2. The lowest BCUT2D eigenvalue weighted by Gasteiger charge is -2.36. The van der Waals surface area contributed by atoms with Crippen LogP contribution in [0.1, 0.15) is 36.8 Å². The molecule has 1 amide bonds. The zero-order chi connectivity index (χ0) is 21.5. The largest absolute Gasteiger partial charge is 0.493 e. The first-order chi connectivity index (χ1) is 15.2. The molecule has 3 aliphatic rings. The smallest absolute Gasteiger partial charge is 0.225 e. The summed E-state index contributed by atoms with van der Waals surface area (Å²) >= 11 is 0.